The molecule has 0 amide bonds. The Morgan fingerprint density at radius 2 is 1.82 bits per heavy atom. The maximum absolute atomic E-state index is 5.46. The van der Waals surface area contributed by atoms with E-state index in [0.717, 1.165) is 57.8 Å². The van der Waals surface area contributed by atoms with Crippen LogP contribution in [-0.2, 0) is 16.7 Å². The van der Waals surface area contributed by atoms with Crippen LogP contribution < -0.4 is 5.32 Å². The lowest BCUT2D eigenvalue weighted by Crippen LogP contribution is -2.42. The van der Waals surface area contributed by atoms with Crippen LogP contribution in [0.4, 0.5) is 0 Å². The second-order valence-electron chi connectivity index (χ2n) is 8.86. The number of ether oxygens (including phenoxy) is 1. The Morgan fingerprint density at radius 1 is 1.14 bits per heavy atom. The zero-order chi connectivity index (χ0) is 19.3. The highest BCUT2D eigenvalue weighted by Gasteiger charge is 2.27. The summed E-state index contributed by atoms with van der Waals surface area (Å²) in [7, 11) is 1.89. The fourth-order valence-electron chi connectivity index (χ4n) is 3.96. The average molecular weight is 500 g/mol. The van der Waals surface area contributed by atoms with Crippen molar-refractivity contribution in [2.75, 3.05) is 53.0 Å². The fourth-order valence-corrected chi connectivity index (χ4v) is 3.96. The third-order valence-electron chi connectivity index (χ3n) is 5.69. The number of likely N-dealkylation sites (tertiary alicyclic amines) is 1. The first-order chi connectivity index (χ1) is 13.0. The van der Waals surface area contributed by atoms with Gasteiger partial charge >= 0.3 is 0 Å². The van der Waals surface area contributed by atoms with Crippen LogP contribution in [-0.4, -0.2) is 68.7 Å². The van der Waals surface area contributed by atoms with Gasteiger partial charge in [0, 0.05) is 46.3 Å². The number of halogens is 1. The second-order valence-corrected chi connectivity index (χ2v) is 8.86. The second kappa shape index (κ2) is 10.8. The molecule has 1 atom stereocenters. The Balaban J connectivity index is 0.00000280. The van der Waals surface area contributed by atoms with Gasteiger partial charge in [0.15, 0.2) is 5.96 Å². The Morgan fingerprint density at radius 3 is 2.43 bits per heavy atom. The molecule has 5 nitrogen and oxygen atoms in total. The van der Waals surface area contributed by atoms with E-state index in [1.807, 2.05) is 7.05 Å². The molecular weight excluding hydrogens is 463 g/mol. The van der Waals surface area contributed by atoms with E-state index in [1.165, 1.54) is 24.1 Å². The molecule has 2 aliphatic heterocycles. The van der Waals surface area contributed by atoms with Gasteiger partial charge in [0.05, 0.1) is 13.2 Å². The Bertz CT molecular complexity index is 620. The number of nitrogens with zero attached hydrogens (tertiary/aromatic N) is 3. The normalized spacial score (nSPS) is 21.5. The first kappa shape index (κ1) is 23.4. The molecule has 0 aromatic heterocycles. The molecule has 1 N–H and O–H groups in total. The first-order valence-corrected chi connectivity index (χ1v) is 10.3. The van der Waals surface area contributed by atoms with Crippen LogP contribution in [0.15, 0.2) is 29.3 Å². The molecule has 158 valence electrons. The molecule has 0 saturated carbocycles. The van der Waals surface area contributed by atoms with Crippen LogP contribution in [0, 0.1) is 5.92 Å². The molecule has 0 radical (unpaired) electrons. The number of rotatable bonds is 4. The Labute approximate surface area is 187 Å². The van der Waals surface area contributed by atoms with E-state index in [1.54, 1.807) is 0 Å². The summed E-state index contributed by atoms with van der Waals surface area (Å²) in [6, 6.07) is 8.94. The van der Waals surface area contributed by atoms with Crippen LogP contribution in [0.1, 0.15) is 38.3 Å². The van der Waals surface area contributed by atoms with Gasteiger partial charge < -0.3 is 15.0 Å². The smallest absolute Gasteiger partial charge is 0.193 e. The summed E-state index contributed by atoms with van der Waals surface area (Å²) in [5.41, 5.74) is 2.88. The van der Waals surface area contributed by atoms with Gasteiger partial charge in [-0.05, 0) is 28.9 Å². The third kappa shape index (κ3) is 6.59. The number of hydrogen-bond acceptors (Lipinski definition) is 3. The van der Waals surface area contributed by atoms with E-state index >= 15 is 0 Å². The van der Waals surface area contributed by atoms with Gasteiger partial charge in [-0.15, -0.1) is 24.0 Å². The van der Waals surface area contributed by atoms with Gasteiger partial charge in [0.1, 0.15) is 0 Å². The molecular formula is C22H37IN4O. The molecule has 1 unspecified atom stereocenters. The molecule has 2 heterocycles. The van der Waals surface area contributed by atoms with Crippen LogP contribution in [0.25, 0.3) is 0 Å². The topological polar surface area (TPSA) is 40.1 Å². The highest BCUT2D eigenvalue weighted by molar-refractivity contribution is 14.0. The van der Waals surface area contributed by atoms with Crippen molar-refractivity contribution in [1.29, 1.82) is 0 Å². The summed E-state index contributed by atoms with van der Waals surface area (Å²) in [6.45, 7) is 14.9. The zero-order valence-corrected chi connectivity index (χ0v) is 20.2. The minimum absolute atomic E-state index is 0. The van der Waals surface area contributed by atoms with Crippen LogP contribution >= 0.6 is 24.0 Å². The number of hydrogen-bond donors (Lipinski definition) is 1. The Kier molecular flexibility index (Phi) is 9.02. The largest absolute Gasteiger partial charge is 0.379 e. The van der Waals surface area contributed by atoms with Crippen molar-refractivity contribution in [3.05, 3.63) is 35.4 Å². The molecule has 28 heavy (non-hydrogen) atoms. The summed E-state index contributed by atoms with van der Waals surface area (Å²) in [5, 5.41) is 3.55. The molecule has 0 bridgehead atoms. The molecule has 2 fully saturated rings. The van der Waals surface area contributed by atoms with E-state index in [9.17, 15) is 0 Å². The van der Waals surface area contributed by atoms with Crippen molar-refractivity contribution in [1.82, 2.24) is 15.1 Å². The van der Waals surface area contributed by atoms with E-state index in [0.29, 0.717) is 0 Å². The highest BCUT2D eigenvalue weighted by Crippen LogP contribution is 2.22. The standard InChI is InChI=1S/C22H36N4O.HI/c1-22(2,3)20-7-5-18(6-8-20)15-24-21(23-4)26-10-9-19(17-26)16-25-11-13-27-14-12-25;/h5-8,19H,9-17H2,1-4H3,(H,23,24);1H. The van der Waals surface area contributed by atoms with Crippen molar-refractivity contribution in [3.8, 4) is 0 Å². The predicted octanol–water partition coefficient (Wildman–Crippen LogP) is 3.33. The molecule has 2 saturated heterocycles. The molecule has 0 spiro atoms. The predicted molar refractivity (Wildman–Crippen MR) is 128 cm³/mol. The number of nitrogens with one attached hydrogen (secondary N) is 1. The van der Waals surface area contributed by atoms with Gasteiger partial charge in [0.2, 0.25) is 0 Å². The van der Waals surface area contributed by atoms with Gasteiger partial charge in [-0.25, -0.2) is 0 Å². The summed E-state index contributed by atoms with van der Waals surface area (Å²) >= 11 is 0. The van der Waals surface area contributed by atoms with Gasteiger partial charge in [-0.1, -0.05) is 45.0 Å². The van der Waals surface area contributed by atoms with Crippen molar-refractivity contribution in [3.63, 3.8) is 0 Å². The lowest BCUT2D eigenvalue weighted by molar-refractivity contribution is 0.0315. The number of aliphatic imine (C=N–C) groups is 1. The molecule has 3 rings (SSSR count). The fraction of sp³-hybridized carbons (Fsp3) is 0.682. The number of morpholine rings is 1. The van der Waals surface area contributed by atoms with Crippen LogP contribution in [0.3, 0.4) is 0 Å². The minimum atomic E-state index is 0. The quantitative estimate of drug-likeness (QED) is 0.391. The molecule has 6 heteroatoms. The van der Waals surface area contributed by atoms with E-state index in [4.69, 9.17) is 4.74 Å². The summed E-state index contributed by atoms with van der Waals surface area (Å²) in [4.78, 5) is 9.48. The van der Waals surface area contributed by atoms with Gasteiger partial charge in [-0.2, -0.15) is 0 Å². The third-order valence-corrected chi connectivity index (χ3v) is 5.69. The first-order valence-electron chi connectivity index (χ1n) is 10.3. The number of benzene rings is 1. The van der Waals surface area contributed by atoms with E-state index in [-0.39, 0.29) is 29.4 Å². The highest BCUT2D eigenvalue weighted by atomic mass is 127. The Hall–Kier alpha value is -0.860. The van der Waals surface area contributed by atoms with Crippen molar-refractivity contribution < 1.29 is 4.74 Å². The summed E-state index contributed by atoms with van der Waals surface area (Å²) in [6.07, 6.45) is 1.25. The van der Waals surface area contributed by atoms with Crippen LogP contribution in [0.5, 0.6) is 0 Å². The minimum Gasteiger partial charge on any atom is -0.379 e. The summed E-state index contributed by atoms with van der Waals surface area (Å²) in [5.74, 6) is 1.76. The molecule has 2 aliphatic rings. The zero-order valence-electron chi connectivity index (χ0n) is 17.9. The van der Waals surface area contributed by atoms with Gasteiger partial charge in [0.25, 0.3) is 0 Å². The maximum Gasteiger partial charge on any atom is 0.193 e. The average Bonchev–Trinajstić information content (AvgIpc) is 3.11. The maximum atomic E-state index is 5.46. The van der Waals surface area contributed by atoms with Crippen molar-refractivity contribution in [2.24, 2.45) is 10.9 Å². The molecule has 0 aliphatic carbocycles. The van der Waals surface area contributed by atoms with Crippen LogP contribution in [0.2, 0.25) is 0 Å². The lowest BCUT2D eigenvalue weighted by Gasteiger charge is -2.29. The SMILES string of the molecule is CN=C(NCc1ccc(C(C)(C)C)cc1)N1CCC(CN2CCOCC2)C1.I. The summed E-state index contributed by atoms with van der Waals surface area (Å²) < 4.78 is 5.46. The molecule has 1 aromatic rings. The van der Waals surface area contributed by atoms with Crippen molar-refractivity contribution in [2.45, 2.75) is 39.2 Å². The van der Waals surface area contributed by atoms with Gasteiger partial charge in [-0.3, -0.25) is 9.89 Å². The lowest BCUT2D eigenvalue weighted by atomic mass is 9.87. The van der Waals surface area contributed by atoms with Crippen molar-refractivity contribution >= 4 is 29.9 Å². The van der Waals surface area contributed by atoms with E-state index in [2.05, 4.69) is 65.1 Å². The molecule has 1 aromatic carbocycles. The number of guanidine groups is 1. The monoisotopic (exact) mass is 500 g/mol. The van der Waals surface area contributed by atoms with E-state index < -0.39 is 0 Å².